The lowest BCUT2D eigenvalue weighted by Gasteiger charge is -2.30. The highest BCUT2D eigenvalue weighted by Gasteiger charge is 2.35. The third kappa shape index (κ3) is 7.64. The molecule has 0 saturated carbocycles. The molecule has 250 valence electrons. The molecule has 1 saturated heterocycles. The maximum atomic E-state index is 14.5. The summed E-state index contributed by atoms with van der Waals surface area (Å²) in [5.41, 5.74) is 0.248. The number of anilines is 2. The van der Waals surface area contributed by atoms with Crippen molar-refractivity contribution in [1.82, 2.24) is 28.7 Å². The van der Waals surface area contributed by atoms with Gasteiger partial charge in [0, 0.05) is 54.9 Å². The summed E-state index contributed by atoms with van der Waals surface area (Å²) in [5.74, 6) is 1.02. The van der Waals surface area contributed by atoms with Gasteiger partial charge in [-0.05, 0) is 105 Å². The molecule has 1 fully saturated rings. The van der Waals surface area contributed by atoms with E-state index in [1.807, 2.05) is 41.9 Å². The molecule has 1 aliphatic heterocycles. The number of halogens is 3. The molecule has 0 radical (unpaired) electrons. The summed E-state index contributed by atoms with van der Waals surface area (Å²) in [4.78, 5) is 29.4. The maximum Gasteiger partial charge on any atom is 0.417 e. The van der Waals surface area contributed by atoms with Gasteiger partial charge in [-0.3, -0.25) is 18.7 Å². The van der Waals surface area contributed by atoms with Crippen LogP contribution < -0.4 is 15.6 Å². The fraction of sp³-hybridized carbons (Fsp3) is 0.314. The summed E-state index contributed by atoms with van der Waals surface area (Å²) in [6.07, 6.45) is 4.03. The number of nitrogens with zero attached hydrogens (tertiary/aromatic N) is 6. The van der Waals surface area contributed by atoms with Crippen molar-refractivity contribution in [2.45, 2.75) is 31.7 Å². The van der Waals surface area contributed by atoms with Crippen molar-refractivity contribution in [3.05, 3.63) is 95.2 Å². The van der Waals surface area contributed by atoms with E-state index < -0.39 is 17.3 Å². The van der Waals surface area contributed by atoms with Crippen LogP contribution in [0.1, 0.15) is 18.4 Å². The largest absolute Gasteiger partial charge is 0.489 e. The molecule has 0 bridgehead atoms. The number of hydrogen-bond acceptors (Lipinski definition) is 9. The molecule has 1 aliphatic rings. The van der Waals surface area contributed by atoms with Crippen LogP contribution in [0.15, 0.2) is 84.0 Å². The van der Waals surface area contributed by atoms with Gasteiger partial charge in [0.05, 0.1) is 5.56 Å². The zero-order valence-corrected chi connectivity index (χ0v) is 27.7. The van der Waals surface area contributed by atoms with Gasteiger partial charge in [-0.2, -0.15) is 18.2 Å². The number of pyridine rings is 2. The molecule has 5 aromatic rings. The summed E-state index contributed by atoms with van der Waals surface area (Å²) in [6, 6.07) is 16.3. The molecule has 6 rings (SSSR count). The molecule has 13 heteroatoms. The van der Waals surface area contributed by atoms with E-state index in [1.54, 1.807) is 18.2 Å². The number of likely N-dealkylation sites (tertiary alicyclic amines) is 1. The minimum Gasteiger partial charge on any atom is -0.489 e. The highest BCUT2D eigenvalue weighted by Crippen LogP contribution is 2.39. The third-order valence-corrected chi connectivity index (χ3v) is 9.21. The summed E-state index contributed by atoms with van der Waals surface area (Å²) >= 11 is 1.49. The van der Waals surface area contributed by atoms with Crippen LogP contribution in [0.25, 0.3) is 33.3 Å². The van der Waals surface area contributed by atoms with Gasteiger partial charge in [-0.25, -0.2) is 4.98 Å². The molecule has 48 heavy (non-hydrogen) atoms. The van der Waals surface area contributed by atoms with Gasteiger partial charge < -0.3 is 15.0 Å². The van der Waals surface area contributed by atoms with Crippen molar-refractivity contribution < 1.29 is 17.9 Å². The number of fused-ring (bicyclic) bond motifs is 1. The number of likely N-dealkylation sites (N-methyl/N-ethyl adjacent to an activating group) is 2. The predicted molar refractivity (Wildman–Crippen MR) is 184 cm³/mol. The Bertz CT molecular complexity index is 1940. The van der Waals surface area contributed by atoms with Crippen LogP contribution in [0, 0.1) is 0 Å². The average Bonchev–Trinajstić information content (AvgIpc) is 3.08. The molecule has 9 nitrogen and oxygen atoms in total. The smallest absolute Gasteiger partial charge is 0.417 e. The van der Waals surface area contributed by atoms with Gasteiger partial charge in [0.2, 0.25) is 5.95 Å². The summed E-state index contributed by atoms with van der Waals surface area (Å²) in [7, 11) is 3.97. The first-order chi connectivity index (χ1) is 23.1. The Balaban J connectivity index is 1.35. The Kier molecular flexibility index (Phi) is 9.99. The lowest BCUT2D eigenvalue weighted by Crippen LogP contribution is -2.38. The fourth-order valence-electron chi connectivity index (χ4n) is 5.84. The van der Waals surface area contributed by atoms with Gasteiger partial charge in [0.1, 0.15) is 17.5 Å². The van der Waals surface area contributed by atoms with Crippen molar-refractivity contribution in [2.24, 2.45) is 0 Å². The number of rotatable bonds is 10. The number of piperidine rings is 1. The highest BCUT2D eigenvalue weighted by atomic mass is 32.2. The molecule has 3 aromatic heterocycles. The molecular weight excluding hydrogens is 639 g/mol. The Morgan fingerprint density at radius 3 is 2.52 bits per heavy atom. The topological polar surface area (TPSA) is 88.4 Å². The van der Waals surface area contributed by atoms with E-state index in [0.717, 1.165) is 43.4 Å². The van der Waals surface area contributed by atoms with Crippen LogP contribution >= 0.6 is 11.9 Å². The van der Waals surface area contributed by atoms with Crippen molar-refractivity contribution in [1.29, 1.82) is 0 Å². The van der Waals surface area contributed by atoms with Crippen molar-refractivity contribution in [3.8, 4) is 28.0 Å². The van der Waals surface area contributed by atoms with Crippen molar-refractivity contribution in [2.75, 3.05) is 45.3 Å². The molecule has 0 aliphatic carbocycles. The van der Waals surface area contributed by atoms with E-state index >= 15 is 0 Å². The number of hydrogen-bond donors (Lipinski definition) is 1. The van der Waals surface area contributed by atoms with Crippen LogP contribution in [0.2, 0.25) is 0 Å². The third-order valence-electron chi connectivity index (χ3n) is 8.40. The standard InChI is InChI=1S/C35H36F3N7O2S/c1-43-16-4-5-28(22-43)47-27-9-7-26(8-10-27)41-34-40-21-25-19-30(33(46)45(32(25)42-34)18-17-44(2)48-3)29-11-6-24(20-31(29)35(36,37)38)23-12-14-39-15-13-23/h6-15,19-21,28H,4-5,16-18,22H2,1-3H3,(H,40,41,42). The van der Waals surface area contributed by atoms with E-state index in [-0.39, 0.29) is 29.7 Å². The van der Waals surface area contributed by atoms with Crippen molar-refractivity contribution in [3.63, 3.8) is 0 Å². The second-order valence-electron chi connectivity index (χ2n) is 11.8. The van der Waals surface area contributed by atoms with Crippen LogP contribution in [0.4, 0.5) is 24.8 Å². The highest BCUT2D eigenvalue weighted by molar-refractivity contribution is 7.96. The van der Waals surface area contributed by atoms with Crippen LogP contribution in [-0.4, -0.2) is 74.8 Å². The van der Waals surface area contributed by atoms with Crippen molar-refractivity contribution >= 4 is 34.6 Å². The number of ether oxygens (including phenoxy) is 1. The first-order valence-corrected chi connectivity index (χ1v) is 16.8. The SMILES string of the molecule is CSN(C)CCn1c(=O)c(-c2ccc(-c3ccncc3)cc2C(F)(F)F)cc2cnc(Nc3ccc(OC4CCCN(C)C4)cc3)nc21. The van der Waals surface area contributed by atoms with Crippen LogP contribution in [0.5, 0.6) is 5.75 Å². The number of alkyl halides is 3. The van der Waals surface area contributed by atoms with E-state index in [4.69, 9.17) is 4.74 Å². The molecule has 1 N–H and O–H groups in total. The minimum absolute atomic E-state index is 0.0769. The average molecular weight is 676 g/mol. The quantitative estimate of drug-likeness (QED) is 0.158. The fourth-order valence-corrected chi connectivity index (χ4v) is 6.11. The molecule has 0 amide bonds. The number of nitrogens with one attached hydrogen (secondary N) is 1. The number of benzene rings is 2. The normalized spacial score (nSPS) is 15.6. The zero-order chi connectivity index (χ0) is 33.8. The second kappa shape index (κ2) is 14.3. The van der Waals surface area contributed by atoms with Gasteiger partial charge in [-0.1, -0.05) is 24.1 Å². The Morgan fingerprint density at radius 1 is 1.04 bits per heavy atom. The van der Waals surface area contributed by atoms with Gasteiger partial charge in [-0.15, -0.1) is 0 Å². The Morgan fingerprint density at radius 2 is 1.81 bits per heavy atom. The van der Waals surface area contributed by atoms with E-state index in [9.17, 15) is 18.0 Å². The summed E-state index contributed by atoms with van der Waals surface area (Å²) < 4.78 is 53.1. The van der Waals surface area contributed by atoms with Gasteiger partial charge >= 0.3 is 6.18 Å². The summed E-state index contributed by atoms with van der Waals surface area (Å²) in [6.45, 7) is 2.62. The Labute approximate surface area is 280 Å². The van der Waals surface area contributed by atoms with Crippen LogP contribution in [0.3, 0.4) is 0 Å². The zero-order valence-electron chi connectivity index (χ0n) is 26.9. The first kappa shape index (κ1) is 33.4. The van der Waals surface area contributed by atoms with E-state index in [1.165, 1.54) is 47.2 Å². The Hall–Kier alpha value is -4.46. The van der Waals surface area contributed by atoms with E-state index in [2.05, 4.69) is 32.2 Å². The molecule has 1 unspecified atom stereocenters. The molecule has 2 aromatic carbocycles. The van der Waals surface area contributed by atoms with E-state index in [0.29, 0.717) is 28.7 Å². The maximum absolute atomic E-state index is 14.5. The summed E-state index contributed by atoms with van der Waals surface area (Å²) in [5, 5.41) is 3.62. The second-order valence-corrected chi connectivity index (χ2v) is 12.8. The van der Waals surface area contributed by atoms with Gasteiger partial charge in [0.15, 0.2) is 0 Å². The lowest BCUT2D eigenvalue weighted by atomic mass is 9.95. The number of aromatic nitrogens is 4. The van der Waals surface area contributed by atoms with Crippen LogP contribution in [-0.2, 0) is 12.7 Å². The predicted octanol–water partition coefficient (Wildman–Crippen LogP) is 6.97. The lowest BCUT2D eigenvalue weighted by molar-refractivity contribution is -0.137. The monoisotopic (exact) mass is 675 g/mol. The molecule has 0 spiro atoms. The van der Waals surface area contributed by atoms with Gasteiger partial charge in [0.25, 0.3) is 5.56 Å². The molecule has 1 atom stereocenters. The molecular formula is C35H36F3N7O2S. The first-order valence-electron chi connectivity index (χ1n) is 15.6. The minimum atomic E-state index is -4.71. The molecule has 4 heterocycles.